The largest absolute Gasteiger partial charge is 0.479 e. The smallest absolute Gasteiger partial charge is 0.408 e. The van der Waals surface area contributed by atoms with Gasteiger partial charge in [0.05, 0.1) is 12.7 Å². The van der Waals surface area contributed by atoms with Gasteiger partial charge in [-0.2, -0.15) is 5.10 Å². The first-order valence-corrected chi connectivity index (χ1v) is 8.16. The summed E-state index contributed by atoms with van der Waals surface area (Å²) >= 11 is 0. The molecule has 0 aliphatic rings. The summed E-state index contributed by atoms with van der Waals surface area (Å²) in [5.74, 6) is -1.16. The van der Waals surface area contributed by atoms with Gasteiger partial charge in [-0.25, -0.2) is 9.59 Å². The molecule has 25 heavy (non-hydrogen) atoms. The molecule has 1 atom stereocenters. The SMILES string of the molecule is CCCc1cnn(CC(C)(NC(=O)OCc2ccccc2)C(=O)O)c1. The van der Waals surface area contributed by atoms with Gasteiger partial charge >= 0.3 is 12.1 Å². The van der Waals surface area contributed by atoms with Crippen molar-refractivity contribution in [2.24, 2.45) is 0 Å². The lowest BCUT2D eigenvalue weighted by Gasteiger charge is -2.25. The molecule has 1 aromatic carbocycles. The van der Waals surface area contributed by atoms with Gasteiger partial charge in [-0.3, -0.25) is 4.68 Å². The summed E-state index contributed by atoms with van der Waals surface area (Å²) in [4.78, 5) is 23.7. The number of aromatic nitrogens is 2. The zero-order chi connectivity index (χ0) is 18.3. The number of alkyl carbamates (subject to hydrolysis) is 1. The van der Waals surface area contributed by atoms with E-state index in [1.54, 1.807) is 12.4 Å². The third kappa shape index (κ3) is 5.34. The van der Waals surface area contributed by atoms with Crippen molar-refractivity contribution in [1.82, 2.24) is 15.1 Å². The second-order valence-corrected chi connectivity index (χ2v) is 6.12. The minimum Gasteiger partial charge on any atom is -0.479 e. The van der Waals surface area contributed by atoms with Crippen molar-refractivity contribution in [3.63, 3.8) is 0 Å². The van der Waals surface area contributed by atoms with E-state index in [9.17, 15) is 14.7 Å². The number of amides is 1. The van der Waals surface area contributed by atoms with Crippen LogP contribution >= 0.6 is 0 Å². The normalized spacial score (nSPS) is 13.0. The minimum absolute atomic E-state index is 0.00643. The molecule has 0 radical (unpaired) electrons. The highest BCUT2D eigenvalue weighted by Crippen LogP contribution is 2.11. The van der Waals surface area contributed by atoms with Crippen molar-refractivity contribution in [2.45, 2.75) is 45.4 Å². The van der Waals surface area contributed by atoms with Crippen LogP contribution in [0.5, 0.6) is 0 Å². The molecule has 1 unspecified atom stereocenters. The molecule has 2 aromatic rings. The zero-order valence-electron chi connectivity index (χ0n) is 14.4. The molecule has 134 valence electrons. The zero-order valence-corrected chi connectivity index (χ0v) is 14.4. The molecule has 0 fully saturated rings. The second-order valence-electron chi connectivity index (χ2n) is 6.12. The number of carbonyl (C=O) groups excluding carboxylic acids is 1. The van der Waals surface area contributed by atoms with Crippen LogP contribution in [0, 0.1) is 0 Å². The topological polar surface area (TPSA) is 93.5 Å². The Morgan fingerprint density at radius 3 is 2.64 bits per heavy atom. The Hall–Kier alpha value is -2.83. The number of aryl methyl sites for hydroxylation is 1. The van der Waals surface area contributed by atoms with E-state index in [0.717, 1.165) is 24.0 Å². The van der Waals surface area contributed by atoms with E-state index >= 15 is 0 Å². The molecule has 0 bridgehead atoms. The van der Waals surface area contributed by atoms with Crippen molar-refractivity contribution < 1.29 is 19.4 Å². The molecular weight excluding hydrogens is 322 g/mol. The van der Waals surface area contributed by atoms with E-state index in [4.69, 9.17) is 4.74 Å². The molecule has 1 heterocycles. The van der Waals surface area contributed by atoms with Gasteiger partial charge in [0.1, 0.15) is 6.61 Å². The molecule has 0 saturated heterocycles. The number of benzene rings is 1. The van der Waals surface area contributed by atoms with Crippen molar-refractivity contribution in [3.05, 3.63) is 53.9 Å². The lowest BCUT2D eigenvalue weighted by Crippen LogP contribution is -2.55. The van der Waals surface area contributed by atoms with E-state index in [2.05, 4.69) is 17.3 Å². The van der Waals surface area contributed by atoms with Crippen LogP contribution < -0.4 is 5.32 Å². The van der Waals surface area contributed by atoms with Gasteiger partial charge < -0.3 is 15.2 Å². The van der Waals surface area contributed by atoms with Crippen LogP contribution in [0.2, 0.25) is 0 Å². The highest BCUT2D eigenvalue weighted by molar-refractivity contribution is 5.83. The summed E-state index contributed by atoms with van der Waals surface area (Å²) in [6.07, 6.45) is 4.57. The third-order valence-electron chi connectivity index (χ3n) is 3.77. The number of rotatable bonds is 8. The minimum atomic E-state index is -1.52. The van der Waals surface area contributed by atoms with Gasteiger partial charge in [0.2, 0.25) is 0 Å². The molecule has 7 nitrogen and oxygen atoms in total. The van der Waals surface area contributed by atoms with Crippen molar-refractivity contribution in [1.29, 1.82) is 0 Å². The standard InChI is InChI=1S/C18H23N3O4/c1-3-7-15-10-19-21(11-15)13-18(2,16(22)23)20-17(24)25-12-14-8-5-4-6-9-14/h4-6,8-11H,3,7,12-13H2,1-2H3,(H,20,24)(H,22,23). The van der Waals surface area contributed by atoms with Gasteiger partial charge in [-0.1, -0.05) is 43.7 Å². The summed E-state index contributed by atoms with van der Waals surface area (Å²) < 4.78 is 6.64. The maximum atomic E-state index is 12.0. The molecule has 2 N–H and O–H groups in total. The average molecular weight is 345 g/mol. The maximum Gasteiger partial charge on any atom is 0.408 e. The van der Waals surface area contributed by atoms with Crippen LogP contribution in [-0.4, -0.2) is 32.5 Å². The molecule has 0 aliphatic carbocycles. The summed E-state index contributed by atoms with van der Waals surface area (Å²) in [6, 6.07) is 9.18. The number of carboxylic acids is 1. The van der Waals surface area contributed by atoms with Gasteiger partial charge in [0, 0.05) is 6.20 Å². The maximum absolute atomic E-state index is 12.0. The molecule has 7 heteroatoms. The Bertz CT molecular complexity index is 714. The van der Waals surface area contributed by atoms with Gasteiger partial charge in [0.25, 0.3) is 0 Å². The Labute approximate surface area is 146 Å². The number of nitrogens with one attached hydrogen (secondary N) is 1. The van der Waals surface area contributed by atoms with Gasteiger partial charge in [-0.05, 0) is 24.5 Å². The number of hydrogen-bond donors (Lipinski definition) is 2. The Balaban J connectivity index is 1.97. The predicted molar refractivity (Wildman–Crippen MR) is 92.0 cm³/mol. The van der Waals surface area contributed by atoms with Crippen LogP contribution in [0.15, 0.2) is 42.7 Å². The molecule has 1 aromatic heterocycles. The first-order valence-electron chi connectivity index (χ1n) is 8.16. The lowest BCUT2D eigenvalue weighted by molar-refractivity contribution is -0.144. The number of carboxylic acid groups (broad SMARTS) is 1. The Kier molecular flexibility index (Phi) is 6.16. The fourth-order valence-corrected chi connectivity index (χ4v) is 2.38. The van der Waals surface area contributed by atoms with Crippen LogP contribution in [0.3, 0.4) is 0 Å². The number of ether oxygens (including phenoxy) is 1. The van der Waals surface area contributed by atoms with E-state index < -0.39 is 17.6 Å². The second kappa shape index (κ2) is 8.32. The summed E-state index contributed by atoms with van der Waals surface area (Å²) in [5, 5.41) is 16.1. The number of hydrogen-bond acceptors (Lipinski definition) is 4. The van der Waals surface area contributed by atoms with Crippen LogP contribution in [0.25, 0.3) is 0 Å². The summed E-state index contributed by atoms with van der Waals surface area (Å²) in [7, 11) is 0. The molecule has 0 spiro atoms. The molecule has 2 rings (SSSR count). The third-order valence-corrected chi connectivity index (χ3v) is 3.77. The van der Waals surface area contributed by atoms with Crippen molar-refractivity contribution in [3.8, 4) is 0 Å². The summed E-state index contributed by atoms with van der Waals surface area (Å²) in [5.41, 5.74) is 0.330. The van der Waals surface area contributed by atoms with Crippen LogP contribution in [0.4, 0.5) is 4.79 Å². The van der Waals surface area contributed by atoms with E-state index in [1.807, 2.05) is 30.3 Å². The number of carbonyl (C=O) groups is 2. The number of aliphatic carboxylic acids is 1. The summed E-state index contributed by atoms with van der Waals surface area (Å²) in [6.45, 7) is 3.57. The van der Waals surface area contributed by atoms with Gasteiger partial charge in [0.15, 0.2) is 5.54 Å². The predicted octanol–water partition coefficient (Wildman–Crippen LogP) is 2.61. The number of nitrogens with zero attached hydrogens (tertiary/aromatic N) is 2. The highest BCUT2D eigenvalue weighted by atomic mass is 16.5. The monoisotopic (exact) mass is 345 g/mol. The Morgan fingerprint density at radius 1 is 1.28 bits per heavy atom. The molecular formula is C18H23N3O4. The average Bonchev–Trinajstić information content (AvgIpc) is 3.01. The van der Waals surface area contributed by atoms with E-state index in [0.29, 0.717) is 0 Å². The highest BCUT2D eigenvalue weighted by Gasteiger charge is 2.36. The fraction of sp³-hybridized carbons (Fsp3) is 0.389. The molecule has 0 saturated carbocycles. The molecule has 0 aliphatic heterocycles. The molecule has 1 amide bonds. The van der Waals surface area contributed by atoms with Crippen molar-refractivity contribution in [2.75, 3.05) is 0 Å². The van der Waals surface area contributed by atoms with Gasteiger partial charge in [-0.15, -0.1) is 0 Å². The first-order chi connectivity index (χ1) is 11.9. The van der Waals surface area contributed by atoms with Crippen molar-refractivity contribution >= 4 is 12.1 Å². The Morgan fingerprint density at radius 2 is 2.00 bits per heavy atom. The van der Waals surface area contributed by atoms with E-state index in [1.165, 1.54) is 11.6 Å². The van der Waals surface area contributed by atoms with Crippen LogP contribution in [0.1, 0.15) is 31.4 Å². The fourth-order valence-electron chi connectivity index (χ4n) is 2.38. The van der Waals surface area contributed by atoms with E-state index in [-0.39, 0.29) is 13.2 Å². The lowest BCUT2D eigenvalue weighted by atomic mass is 10.0. The van der Waals surface area contributed by atoms with Crippen LogP contribution in [-0.2, 0) is 29.1 Å². The first kappa shape index (κ1) is 18.5. The quantitative estimate of drug-likeness (QED) is 0.767.